The van der Waals surface area contributed by atoms with E-state index in [-0.39, 0.29) is 31.0 Å². The maximum atomic E-state index is 14.8. The molecule has 4 aromatic carbocycles. The van der Waals surface area contributed by atoms with Crippen molar-refractivity contribution < 1.29 is 29.0 Å². The Morgan fingerprint density at radius 3 is 1.37 bits per heavy atom. The predicted octanol–water partition coefficient (Wildman–Crippen LogP) is 18.9. The SMILES string of the molecule is CCCCCCCC/C=C\CCCCCCCC(=O)OC(CO)C(OC(=O)CCCCCCC/C=C\CCCCCCCC)C(=O)CC(CCCCCCC)c1ccc2ccc3cccc4ccc1c2c34. The minimum atomic E-state index is -1.38. The van der Waals surface area contributed by atoms with Crippen LogP contribution in [0.3, 0.4) is 0 Å². The van der Waals surface area contributed by atoms with E-state index in [1.165, 1.54) is 123 Å². The quantitative estimate of drug-likeness (QED) is 0.0206. The minimum Gasteiger partial charge on any atom is -0.455 e. The van der Waals surface area contributed by atoms with Crippen molar-refractivity contribution in [3.05, 3.63) is 84.5 Å². The zero-order valence-corrected chi connectivity index (χ0v) is 45.2. The molecule has 0 aromatic heterocycles. The van der Waals surface area contributed by atoms with E-state index in [1.807, 2.05) is 0 Å². The molecule has 6 heteroatoms. The Bertz CT molecular complexity index is 2060. The Morgan fingerprint density at radius 1 is 0.465 bits per heavy atom. The van der Waals surface area contributed by atoms with Crippen LogP contribution in [0, 0.1) is 0 Å². The Morgan fingerprint density at radius 2 is 0.873 bits per heavy atom. The molecular weight excluding hydrogens is 877 g/mol. The van der Waals surface area contributed by atoms with Gasteiger partial charge >= 0.3 is 11.9 Å². The van der Waals surface area contributed by atoms with E-state index >= 15 is 0 Å². The molecule has 0 aliphatic heterocycles. The molecule has 0 bridgehead atoms. The van der Waals surface area contributed by atoms with Crippen LogP contribution in [0.15, 0.2) is 78.9 Å². The molecule has 6 nitrogen and oxygen atoms in total. The number of aliphatic hydroxyl groups excluding tert-OH is 1. The van der Waals surface area contributed by atoms with Gasteiger partial charge in [-0.1, -0.05) is 235 Å². The number of carbonyl (C=O) groups excluding carboxylic acids is 3. The van der Waals surface area contributed by atoms with Crippen LogP contribution in [0.2, 0.25) is 0 Å². The average Bonchev–Trinajstić information content (AvgIpc) is 3.38. The highest BCUT2D eigenvalue weighted by molar-refractivity contribution is 6.23. The number of hydrogen-bond donors (Lipinski definition) is 1. The van der Waals surface area contributed by atoms with Crippen molar-refractivity contribution in [1.29, 1.82) is 0 Å². The summed E-state index contributed by atoms with van der Waals surface area (Å²) in [6.07, 6.45) is 43.7. The lowest BCUT2D eigenvalue weighted by Crippen LogP contribution is -2.43. The normalized spacial score (nSPS) is 13.3. The summed E-state index contributed by atoms with van der Waals surface area (Å²) in [7, 11) is 0. The third-order valence-corrected chi connectivity index (χ3v) is 14.8. The lowest BCUT2D eigenvalue weighted by Gasteiger charge is -2.27. The van der Waals surface area contributed by atoms with Crippen molar-refractivity contribution >= 4 is 50.0 Å². The van der Waals surface area contributed by atoms with Gasteiger partial charge in [0.15, 0.2) is 18.0 Å². The maximum absolute atomic E-state index is 14.8. The third-order valence-electron chi connectivity index (χ3n) is 14.8. The third kappa shape index (κ3) is 23.2. The van der Waals surface area contributed by atoms with Crippen molar-refractivity contribution in [2.24, 2.45) is 0 Å². The van der Waals surface area contributed by atoms with Crippen molar-refractivity contribution in [3.8, 4) is 0 Å². The Kier molecular flexibility index (Phi) is 31.6. The summed E-state index contributed by atoms with van der Waals surface area (Å²) in [5.74, 6) is -1.40. The molecule has 4 rings (SSSR count). The Labute approximate surface area is 431 Å². The second-order valence-electron chi connectivity index (χ2n) is 20.9. The van der Waals surface area contributed by atoms with Gasteiger partial charge in [0.2, 0.25) is 0 Å². The number of benzene rings is 4. The van der Waals surface area contributed by atoms with Gasteiger partial charge in [-0.2, -0.15) is 0 Å². The summed E-state index contributed by atoms with van der Waals surface area (Å²) in [5.41, 5.74) is 1.11. The molecule has 0 saturated carbocycles. The first kappa shape index (κ1) is 59.5. The number of hydrogen-bond acceptors (Lipinski definition) is 6. The van der Waals surface area contributed by atoms with Crippen LogP contribution in [0.4, 0.5) is 0 Å². The molecule has 394 valence electrons. The highest BCUT2D eigenvalue weighted by atomic mass is 16.6. The van der Waals surface area contributed by atoms with E-state index in [0.29, 0.717) is 12.8 Å². The summed E-state index contributed by atoms with van der Waals surface area (Å²) in [5, 5.41) is 17.9. The van der Waals surface area contributed by atoms with E-state index in [2.05, 4.69) is 99.7 Å². The number of esters is 2. The zero-order valence-electron chi connectivity index (χ0n) is 45.2. The summed E-state index contributed by atoms with van der Waals surface area (Å²) >= 11 is 0. The number of ketones is 1. The predicted molar refractivity (Wildman–Crippen MR) is 302 cm³/mol. The van der Waals surface area contributed by atoms with Gasteiger partial charge in [0.1, 0.15) is 0 Å². The fourth-order valence-electron chi connectivity index (χ4n) is 10.5. The van der Waals surface area contributed by atoms with Gasteiger partial charge in [-0.25, -0.2) is 0 Å². The van der Waals surface area contributed by atoms with Crippen LogP contribution < -0.4 is 0 Å². The number of rotatable bonds is 44. The summed E-state index contributed by atoms with van der Waals surface area (Å²) in [6, 6.07) is 19.5. The largest absolute Gasteiger partial charge is 0.455 e. The van der Waals surface area contributed by atoms with Crippen LogP contribution >= 0.6 is 0 Å². The molecule has 0 spiro atoms. The average molecular weight is 975 g/mol. The van der Waals surface area contributed by atoms with Crippen LogP contribution in [0.25, 0.3) is 32.3 Å². The van der Waals surface area contributed by atoms with Crippen molar-refractivity contribution in [2.45, 2.75) is 264 Å². The molecule has 3 unspecified atom stereocenters. The standard InChI is InChI=1S/C65H98O6/c1-4-7-10-13-15-17-19-21-23-25-27-29-31-34-37-43-61(68)70-60(52-66)65(71-62(69)44-38-35-32-30-28-26-24-22-20-18-16-14-11-8-5-2)59(67)51-56(40-36-33-12-9-6-3)57-49-47-55-46-45-53-41-39-42-54-48-50-58(57)64(55)63(53)54/h21-24,39,41-42,45-50,56,60,65-66H,4-20,25-38,40,43-44,51-52H2,1-3H3/b23-21-,24-22-. The monoisotopic (exact) mass is 975 g/mol. The second-order valence-corrected chi connectivity index (χ2v) is 20.9. The summed E-state index contributed by atoms with van der Waals surface area (Å²) in [6.45, 7) is 6.13. The highest BCUT2D eigenvalue weighted by Crippen LogP contribution is 2.40. The number of unbranched alkanes of at least 4 members (excludes halogenated alkanes) is 26. The fourth-order valence-corrected chi connectivity index (χ4v) is 10.5. The number of carbonyl (C=O) groups is 3. The summed E-state index contributed by atoms with van der Waals surface area (Å²) < 4.78 is 11.9. The van der Waals surface area contributed by atoms with Gasteiger partial charge in [-0.15, -0.1) is 0 Å². The molecule has 0 amide bonds. The van der Waals surface area contributed by atoms with Gasteiger partial charge in [0.05, 0.1) is 6.61 Å². The molecule has 1 N–H and O–H groups in total. The van der Waals surface area contributed by atoms with Crippen molar-refractivity contribution in [3.63, 3.8) is 0 Å². The zero-order chi connectivity index (χ0) is 50.6. The molecule has 0 saturated heterocycles. The second kappa shape index (κ2) is 37.7. The van der Waals surface area contributed by atoms with E-state index < -0.39 is 30.8 Å². The smallest absolute Gasteiger partial charge is 0.306 e. The first-order chi connectivity index (χ1) is 34.9. The molecule has 0 aliphatic carbocycles. The lowest BCUT2D eigenvalue weighted by molar-refractivity contribution is -0.175. The minimum absolute atomic E-state index is 0.116. The molecule has 3 atom stereocenters. The van der Waals surface area contributed by atoms with Gasteiger partial charge in [0, 0.05) is 19.3 Å². The first-order valence-electron chi connectivity index (χ1n) is 29.4. The molecule has 0 heterocycles. The Hall–Kier alpha value is -4.03. The van der Waals surface area contributed by atoms with Gasteiger partial charge in [0.25, 0.3) is 0 Å². The van der Waals surface area contributed by atoms with Gasteiger partial charge in [-0.05, 0) is 114 Å². The Balaban J connectivity index is 1.36. The van der Waals surface area contributed by atoms with Crippen LogP contribution in [0.1, 0.15) is 257 Å². The van der Waals surface area contributed by atoms with Crippen LogP contribution in [0.5, 0.6) is 0 Å². The molecule has 4 aromatic rings. The van der Waals surface area contributed by atoms with E-state index in [0.717, 1.165) is 107 Å². The van der Waals surface area contributed by atoms with E-state index in [4.69, 9.17) is 9.47 Å². The number of Topliss-reactive ketones (excluding diaryl/α,β-unsaturated/α-hetero) is 1. The first-order valence-corrected chi connectivity index (χ1v) is 29.4. The van der Waals surface area contributed by atoms with E-state index in [9.17, 15) is 19.5 Å². The van der Waals surface area contributed by atoms with Crippen molar-refractivity contribution in [1.82, 2.24) is 0 Å². The molecule has 71 heavy (non-hydrogen) atoms. The molecule has 0 radical (unpaired) electrons. The lowest BCUT2D eigenvalue weighted by atomic mass is 9.82. The van der Waals surface area contributed by atoms with Crippen LogP contribution in [-0.4, -0.2) is 41.6 Å². The molecule has 0 fully saturated rings. The van der Waals surface area contributed by atoms with E-state index in [1.54, 1.807) is 0 Å². The number of allylic oxidation sites excluding steroid dienone is 4. The van der Waals surface area contributed by atoms with Gasteiger partial charge < -0.3 is 14.6 Å². The summed E-state index contributed by atoms with van der Waals surface area (Å²) in [4.78, 5) is 41.8. The topological polar surface area (TPSA) is 89.9 Å². The number of aliphatic hydroxyl groups is 1. The maximum Gasteiger partial charge on any atom is 0.306 e. The van der Waals surface area contributed by atoms with Gasteiger partial charge in [-0.3, -0.25) is 14.4 Å². The van der Waals surface area contributed by atoms with Crippen LogP contribution in [-0.2, 0) is 23.9 Å². The van der Waals surface area contributed by atoms with Crippen molar-refractivity contribution in [2.75, 3.05) is 6.61 Å². The molecule has 0 aliphatic rings. The highest BCUT2D eigenvalue weighted by Gasteiger charge is 2.36. The fraction of sp³-hybridized carbons (Fsp3) is 0.646. The number of ether oxygens (including phenoxy) is 2. The molecular formula is C65H98O6.